The number of nitrogens with one attached hydrogen (secondary N) is 1. The van der Waals surface area contributed by atoms with E-state index in [9.17, 15) is 24.3 Å². The van der Waals surface area contributed by atoms with Crippen LogP contribution in [-0.4, -0.2) is 53.8 Å². The number of nitrogens with zero attached hydrogens (tertiary/aromatic N) is 1. The molecule has 2 N–H and O–H groups in total. The van der Waals surface area contributed by atoms with Crippen LogP contribution in [0.1, 0.15) is 51.8 Å². The summed E-state index contributed by atoms with van der Waals surface area (Å²) < 4.78 is 11.3. The molecule has 36 heavy (non-hydrogen) atoms. The summed E-state index contributed by atoms with van der Waals surface area (Å²) >= 11 is 0. The predicted molar refractivity (Wildman–Crippen MR) is 129 cm³/mol. The molecule has 1 aromatic heterocycles. The molecule has 3 heterocycles. The Morgan fingerprint density at radius 2 is 2.00 bits per heavy atom. The van der Waals surface area contributed by atoms with Crippen molar-refractivity contribution in [2.75, 3.05) is 20.3 Å². The molecule has 5 rings (SSSR count). The minimum Gasteiger partial charge on any atom is -0.497 e. The smallest absolute Gasteiger partial charge is 0.254 e. The second kappa shape index (κ2) is 8.91. The Labute approximate surface area is 207 Å². The first-order valence-electron chi connectivity index (χ1n) is 11.7. The van der Waals surface area contributed by atoms with E-state index < -0.39 is 17.2 Å². The average molecular weight is 491 g/mol. The maximum atomic E-state index is 13.2. The number of aliphatic hydroxyl groups excluding tert-OH is 1. The fourth-order valence-corrected chi connectivity index (χ4v) is 4.91. The maximum Gasteiger partial charge on any atom is 0.254 e. The van der Waals surface area contributed by atoms with E-state index in [2.05, 4.69) is 5.32 Å². The third kappa shape index (κ3) is 3.95. The molecule has 1 fully saturated rings. The van der Waals surface area contributed by atoms with E-state index in [1.807, 2.05) is 6.07 Å². The van der Waals surface area contributed by atoms with Gasteiger partial charge in [0.1, 0.15) is 22.5 Å². The van der Waals surface area contributed by atoms with Gasteiger partial charge in [-0.25, -0.2) is 0 Å². The number of amides is 3. The van der Waals surface area contributed by atoms with E-state index in [4.69, 9.17) is 9.15 Å². The zero-order chi connectivity index (χ0) is 25.6. The van der Waals surface area contributed by atoms with E-state index in [0.29, 0.717) is 34.4 Å². The number of aliphatic hydroxyl groups is 1. The molecule has 0 spiro atoms. The maximum absolute atomic E-state index is 13.2. The van der Waals surface area contributed by atoms with E-state index in [0.717, 1.165) is 5.56 Å². The molecule has 2 aliphatic rings. The molecule has 3 aromatic rings. The summed E-state index contributed by atoms with van der Waals surface area (Å²) in [6.45, 7) is 1.95. The number of ether oxygens (including phenoxy) is 1. The normalized spacial score (nSPS) is 20.1. The first kappa shape index (κ1) is 23.7. The molecule has 3 amide bonds. The molecular weight excluding hydrogens is 464 g/mol. The van der Waals surface area contributed by atoms with Crippen LogP contribution >= 0.6 is 0 Å². The van der Waals surface area contributed by atoms with E-state index in [-0.39, 0.29) is 49.4 Å². The number of furan rings is 1. The first-order chi connectivity index (χ1) is 17.2. The molecule has 2 atom stereocenters. The van der Waals surface area contributed by atoms with Gasteiger partial charge in [0, 0.05) is 42.6 Å². The molecule has 2 aromatic carbocycles. The standard InChI is InChI=1S/C27H26N2O7/c1-15(13-30)7-21(31)16-3-4-17-9-23(36-22(17)8-16)27(11-24(32)28-26(27)34)14-29-12-18-5-6-19(35-2)10-20(18)25(29)33/h3-6,8-10,15,30H,7,11-14H2,1-2H3,(H,28,32,34)/t15-,27-/m1/s1. The zero-order valence-electron chi connectivity index (χ0n) is 20.0. The van der Waals surface area contributed by atoms with Crippen LogP contribution in [0.25, 0.3) is 11.0 Å². The van der Waals surface area contributed by atoms with E-state index in [1.165, 1.54) is 7.11 Å². The minimum absolute atomic E-state index is 0.0416. The van der Waals surface area contributed by atoms with Crippen molar-refractivity contribution in [3.8, 4) is 5.75 Å². The number of fused-ring (bicyclic) bond motifs is 2. The van der Waals surface area contributed by atoms with Crippen molar-refractivity contribution < 1.29 is 33.4 Å². The summed E-state index contributed by atoms with van der Waals surface area (Å²) in [6, 6.07) is 12.0. The molecule has 0 unspecified atom stereocenters. The van der Waals surface area contributed by atoms with Crippen molar-refractivity contribution in [2.24, 2.45) is 5.92 Å². The summed E-state index contributed by atoms with van der Waals surface area (Å²) in [7, 11) is 1.52. The van der Waals surface area contributed by atoms with Crippen LogP contribution in [0.5, 0.6) is 5.75 Å². The van der Waals surface area contributed by atoms with Gasteiger partial charge in [-0.2, -0.15) is 0 Å². The summed E-state index contributed by atoms with van der Waals surface area (Å²) in [6.07, 6.45) is 0.0355. The van der Waals surface area contributed by atoms with Crippen molar-refractivity contribution in [1.82, 2.24) is 10.2 Å². The number of imide groups is 1. The van der Waals surface area contributed by atoms with Gasteiger partial charge in [-0.15, -0.1) is 0 Å². The number of hydrogen-bond donors (Lipinski definition) is 2. The second-order valence-corrected chi connectivity index (χ2v) is 9.60. The first-order valence-corrected chi connectivity index (χ1v) is 11.7. The number of ketones is 1. The zero-order valence-corrected chi connectivity index (χ0v) is 20.0. The Bertz CT molecular complexity index is 1410. The Kier molecular flexibility index (Phi) is 5.88. The van der Waals surface area contributed by atoms with Crippen LogP contribution in [0.3, 0.4) is 0 Å². The number of benzene rings is 2. The number of carbonyl (C=O) groups is 4. The number of methoxy groups -OCH3 is 1. The quantitative estimate of drug-likeness (QED) is 0.367. The highest BCUT2D eigenvalue weighted by Crippen LogP contribution is 2.39. The lowest BCUT2D eigenvalue weighted by atomic mass is 9.82. The average Bonchev–Trinajstić information content (AvgIpc) is 3.52. The van der Waals surface area contributed by atoms with Crippen molar-refractivity contribution >= 4 is 34.5 Å². The van der Waals surface area contributed by atoms with Crippen LogP contribution < -0.4 is 10.1 Å². The fourth-order valence-electron chi connectivity index (χ4n) is 4.91. The highest BCUT2D eigenvalue weighted by molar-refractivity contribution is 6.10. The SMILES string of the molecule is COc1ccc2c(c1)C(=O)N(C[C@@]1(c3cc4ccc(C(=O)C[C@@H](C)CO)cc4o3)CC(=O)NC1=O)C2. The van der Waals surface area contributed by atoms with Crippen molar-refractivity contribution in [2.45, 2.75) is 31.7 Å². The van der Waals surface area contributed by atoms with Crippen molar-refractivity contribution in [3.63, 3.8) is 0 Å². The molecule has 9 nitrogen and oxygen atoms in total. The molecular formula is C27H26N2O7. The van der Waals surface area contributed by atoms with Gasteiger partial charge in [-0.05, 0) is 35.7 Å². The van der Waals surface area contributed by atoms with Gasteiger partial charge in [-0.3, -0.25) is 24.5 Å². The molecule has 0 bridgehead atoms. The minimum atomic E-state index is -1.40. The van der Waals surface area contributed by atoms with Crippen LogP contribution in [0.4, 0.5) is 0 Å². The van der Waals surface area contributed by atoms with E-state index >= 15 is 0 Å². The fraction of sp³-hybridized carbons (Fsp3) is 0.333. The lowest BCUT2D eigenvalue weighted by Gasteiger charge is -2.28. The van der Waals surface area contributed by atoms with Gasteiger partial charge in [0.15, 0.2) is 5.78 Å². The number of carbonyl (C=O) groups excluding carboxylic acids is 4. The van der Waals surface area contributed by atoms with Crippen LogP contribution in [0, 0.1) is 5.92 Å². The lowest BCUT2D eigenvalue weighted by molar-refractivity contribution is -0.127. The Morgan fingerprint density at radius 3 is 2.69 bits per heavy atom. The third-order valence-electron chi connectivity index (χ3n) is 6.97. The molecule has 0 saturated carbocycles. The third-order valence-corrected chi connectivity index (χ3v) is 6.97. The molecule has 0 radical (unpaired) electrons. The lowest BCUT2D eigenvalue weighted by Crippen LogP contribution is -2.46. The Balaban J connectivity index is 1.49. The van der Waals surface area contributed by atoms with Gasteiger partial charge in [0.25, 0.3) is 5.91 Å². The predicted octanol–water partition coefficient (Wildman–Crippen LogP) is 2.58. The molecule has 186 valence electrons. The Morgan fingerprint density at radius 1 is 1.19 bits per heavy atom. The monoisotopic (exact) mass is 490 g/mol. The van der Waals surface area contributed by atoms with E-state index in [1.54, 1.807) is 48.2 Å². The highest BCUT2D eigenvalue weighted by atomic mass is 16.5. The summed E-state index contributed by atoms with van der Waals surface area (Å²) in [5, 5.41) is 12.3. The second-order valence-electron chi connectivity index (χ2n) is 9.60. The Hall–Kier alpha value is -3.98. The molecule has 1 saturated heterocycles. The van der Waals surface area contributed by atoms with Crippen LogP contribution in [-0.2, 0) is 21.5 Å². The van der Waals surface area contributed by atoms with Gasteiger partial charge in [0.05, 0.1) is 13.5 Å². The van der Waals surface area contributed by atoms with Gasteiger partial charge in [0.2, 0.25) is 11.8 Å². The summed E-state index contributed by atoms with van der Waals surface area (Å²) in [5.41, 5.74) is 0.751. The summed E-state index contributed by atoms with van der Waals surface area (Å²) in [4.78, 5) is 52.8. The largest absolute Gasteiger partial charge is 0.497 e. The van der Waals surface area contributed by atoms with Gasteiger partial charge in [-0.1, -0.05) is 25.1 Å². The number of Topliss-reactive ketones (excluding diaryl/α,β-unsaturated/α-hetero) is 1. The topological polar surface area (TPSA) is 126 Å². The summed E-state index contributed by atoms with van der Waals surface area (Å²) in [5.74, 6) is -0.702. The number of hydrogen-bond acceptors (Lipinski definition) is 7. The van der Waals surface area contributed by atoms with Crippen LogP contribution in [0.2, 0.25) is 0 Å². The van der Waals surface area contributed by atoms with Crippen molar-refractivity contribution in [3.05, 3.63) is 64.9 Å². The molecule has 0 aliphatic carbocycles. The molecule has 2 aliphatic heterocycles. The van der Waals surface area contributed by atoms with Gasteiger partial charge >= 0.3 is 0 Å². The van der Waals surface area contributed by atoms with Crippen LogP contribution in [0.15, 0.2) is 46.9 Å². The molecule has 9 heteroatoms. The highest BCUT2D eigenvalue weighted by Gasteiger charge is 2.53. The van der Waals surface area contributed by atoms with Crippen molar-refractivity contribution in [1.29, 1.82) is 0 Å². The van der Waals surface area contributed by atoms with Gasteiger partial charge < -0.3 is 19.2 Å². The number of rotatable bonds is 8.